The van der Waals surface area contributed by atoms with Crippen LogP contribution in [0.3, 0.4) is 0 Å². The Morgan fingerprint density at radius 1 is 1.30 bits per heavy atom. The molecule has 3 rings (SSSR count). The summed E-state index contributed by atoms with van der Waals surface area (Å²) in [6.45, 7) is 8.90. The number of ether oxygens (including phenoxy) is 1. The molecular formula is C19H29ClN2O. The van der Waals surface area contributed by atoms with Gasteiger partial charge in [0.2, 0.25) is 0 Å². The second kappa shape index (κ2) is 8.48. The van der Waals surface area contributed by atoms with E-state index in [1.165, 1.54) is 44.5 Å². The maximum Gasteiger partial charge on any atom is 0.0507 e. The molecule has 2 aliphatic rings. The number of rotatable bonds is 6. The van der Waals surface area contributed by atoms with Crippen LogP contribution in [0.15, 0.2) is 24.3 Å². The maximum absolute atomic E-state index is 6.09. The fourth-order valence-electron chi connectivity index (χ4n) is 3.69. The van der Waals surface area contributed by atoms with Crippen molar-refractivity contribution < 1.29 is 4.74 Å². The zero-order valence-electron chi connectivity index (χ0n) is 14.1. The summed E-state index contributed by atoms with van der Waals surface area (Å²) >= 11 is 6.09. The van der Waals surface area contributed by atoms with Crippen molar-refractivity contribution in [2.45, 2.75) is 38.1 Å². The molecule has 0 unspecified atom stereocenters. The third-order valence-electron chi connectivity index (χ3n) is 5.26. The summed E-state index contributed by atoms with van der Waals surface area (Å²) in [6.07, 6.45) is 3.76. The van der Waals surface area contributed by atoms with E-state index in [0.29, 0.717) is 12.0 Å². The molecule has 0 radical (unpaired) electrons. The van der Waals surface area contributed by atoms with E-state index in [2.05, 4.69) is 29.3 Å². The topological polar surface area (TPSA) is 24.5 Å². The Hall–Kier alpha value is -0.610. The average molecular weight is 337 g/mol. The van der Waals surface area contributed by atoms with Crippen LogP contribution >= 0.6 is 11.6 Å². The van der Waals surface area contributed by atoms with Gasteiger partial charge in [-0.05, 0) is 61.9 Å². The van der Waals surface area contributed by atoms with Gasteiger partial charge in [-0.25, -0.2) is 0 Å². The van der Waals surface area contributed by atoms with E-state index in [1.807, 2.05) is 12.1 Å². The standard InChI is InChI=1S/C19H29ClN2O/c1-15(17-3-2-4-18(20)11-17)12-21-19-5-8-22(9-6-19)13-16-7-10-23-14-16/h2-4,11,15-16,19,21H,5-10,12-14H2,1H3/t15-,16+/m0/s1. The summed E-state index contributed by atoms with van der Waals surface area (Å²) in [5.41, 5.74) is 1.32. The molecule has 2 atom stereocenters. The lowest BCUT2D eigenvalue weighted by atomic mass is 9.98. The Balaban J connectivity index is 1.37. The van der Waals surface area contributed by atoms with Crippen molar-refractivity contribution in [3.05, 3.63) is 34.9 Å². The summed E-state index contributed by atoms with van der Waals surface area (Å²) in [4.78, 5) is 2.62. The second-order valence-electron chi connectivity index (χ2n) is 7.17. The zero-order chi connectivity index (χ0) is 16.1. The second-order valence-corrected chi connectivity index (χ2v) is 7.61. The molecule has 23 heavy (non-hydrogen) atoms. The molecule has 128 valence electrons. The van der Waals surface area contributed by atoms with Gasteiger partial charge in [-0.3, -0.25) is 0 Å². The van der Waals surface area contributed by atoms with Gasteiger partial charge in [0.15, 0.2) is 0 Å². The van der Waals surface area contributed by atoms with E-state index in [-0.39, 0.29) is 0 Å². The Bertz CT molecular complexity index is 482. The summed E-state index contributed by atoms with van der Waals surface area (Å²) < 4.78 is 5.49. The predicted octanol–water partition coefficient (Wildman–Crippen LogP) is 3.53. The lowest BCUT2D eigenvalue weighted by Crippen LogP contribution is -2.44. The summed E-state index contributed by atoms with van der Waals surface area (Å²) in [7, 11) is 0. The summed E-state index contributed by atoms with van der Waals surface area (Å²) in [6, 6.07) is 8.90. The third kappa shape index (κ3) is 5.18. The smallest absolute Gasteiger partial charge is 0.0507 e. The fourth-order valence-corrected chi connectivity index (χ4v) is 3.89. The first kappa shape index (κ1) is 17.2. The number of nitrogens with zero attached hydrogens (tertiary/aromatic N) is 1. The maximum atomic E-state index is 6.09. The van der Waals surface area contributed by atoms with Crippen LogP contribution < -0.4 is 5.32 Å². The molecule has 1 aromatic rings. The highest BCUT2D eigenvalue weighted by molar-refractivity contribution is 6.30. The van der Waals surface area contributed by atoms with E-state index >= 15 is 0 Å². The van der Waals surface area contributed by atoms with Gasteiger partial charge in [-0.2, -0.15) is 0 Å². The van der Waals surface area contributed by atoms with E-state index in [9.17, 15) is 0 Å². The fraction of sp³-hybridized carbons (Fsp3) is 0.684. The third-order valence-corrected chi connectivity index (χ3v) is 5.49. The largest absolute Gasteiger partial charge is 0.381 e. The van der Waals surface area contributed by atoms with Gasteiger partial charge in [-0.1, -0.05) is 30.7 Å². The Kier molecular flexibility index (Phi) is 6.35. The number of piperidine rings is 1. The van der Waals surface area contributed by atoms with Crippen LogP contribution in [0.4, 0.5) is 0 Å². The SMILES string of the molecule is C[C@@H](CNC1CCN(C[C@H]2CCOC2)CC1)c1cccc(Cl)c1. The average Bonchev–Trinajstić information content (AvgIpc) is 3.07. The number of nitrogens with one attached hydrogen (secondary N) is 1. The van der Waals surface area contributed by atoms with Crippen molar-refractivity contribution in [3.63, 3.8) is 0 Å². The van der Waals surface area contributed by atoms with E-state index in [0.717, 1.165) is 30.7 Å². The zero-order valence-corrected chi connectivity index (χ0v) is 14.9. The van der Waals surface area contributed by atoms with Crippen LogP contribution in [0.2, 0.25) is 5.02 Å². The van der Waals surface area contributed by atoms with Gasteiger partial charge in [0.1, 0.15) is 0 Å². The first-order valence-electron chi connectivity index (χ1n) is 8.99. The minimum atomic E-state index is 0.502. The highest BCUT2D eigenvalue weighted by Gasteiger charge is 2.23. The molecular weight excluding hydrogens is 308 g/mol. The highest BCUT2D eigenvalue weighted by atomic mass is 35.5. The number of benzene rings is 1. The Morgan fingerprint density at radius 2 is 2.13 bits per heavy atom. The molecule has 0 bridgehead atoms. The van der Waals surface area contributed by atoms with Crippen molar-refractivity contribution in [2.75, 3.05) is 39.4 Å². The monoisotopic (exact) mass is 336 g/mol. The molecule has 2 aliphatic heterocycles. The highest BCUT2D eigenvalue weighted by Crippen LogP contribution is 2.20. The molecule has 4 heteroatoms. The van der Waals surface area contributed by atoms with Gasteiger partial charge in [0.05, 0.1) is 6.61 Å². The van der Waals surface area contributed by atoms with Crippen LogP contribution in [-0.4, -0.2) is 50.3 Å². The van der Waals surface area contributed by atoms with E-state index in [4.69, 9.17) is 16.3 Å². The number of likely N-dealkylation sites (tertiary alicyclic amines) is 1. The Labute approximate surface area is 145 Å². The minimum absolute atomic E-state index is 0.502. The molecule has 0 spiro atoms. The van der Waals surface area contributed by atoms with Crippen molar-refractivity contribution in [3.8, 4) is 0 Å². The van der Waals surface area contributed by atoms with E-state index in [1.54, 1.807) is 0 Å². The molecule has 0 aliphatic carbocycles. The van der Waals surface area contributed by atoms with Crippen LogP contribution in [0.1, 0.15) is 37.7 Å². The van der Waals surface area contributed by atoms with Crippen molar-refractivity contribution in [1.29, 1.82) is 0 Å². The van der Waals surface area contributed by atoms with Crippen LogP contribution in [-0.2, 0) is 4.74 Å². The molecule has 1 aromatic carbocycles. The molecule has 2 saturated heterocycles. The van der Waals surface area contributed by atoms with Gasteiger partial charge in [0.25, 0.3) is 0 Å². The lowest BCUT2D eigenvalue weighted by Gasteiger charge is -2.34. The lowest BCUT2D eigenvalue weighted by molar-refractivity contribution is 0.147. The minimum Gasteiger partial charge on any atom is -0.381 e. The predicted molar refractivity (Wildman–Crippen MR) is 96.3 cm³/mol. The number of hydrogen-bond donors (Lipinski definition) is 1. The normalized spacial score (nSPS) is 24.9. The molecule has 2 fully saturated rings. The van der Waals surface area contributed by atoms with Crippen molar-refractivity contribution >= 4 is 11.6 Å². The van der Waals surface area contributed by atoms with Gasteiger partial charge >= 0.3 is 0 Å². The molecule has 0 amide bonds. The van der Waals surface area contributed by atoms with Crippen molar-refractivity contribution in [2.24, 2.45) is 5.92 Å². The van der Waals surface area contributed by atoms with Gasteiger partial charge in [0, 0.05) is 30.8 Å². The van der Waals surface area contributed by atoms with Gasteiger partial charge < -0.3 is 15.0 Å². The van der Waals surface area contributed by atoms with Crippen molar-refractivity contribution in [1.82, 2.24) is 10.2 Å². The molecule has 3 nitrogen and oxygen atoms in total. The first-order chi connectivity index (χ1) is 11.2. The molecule has 1 N–H and O–H groups in total. The summed E-state index contributed by atoms with van der Waals surface area (Å²) in [5, 5.41) is 4.59. The molecule has 2 heterocycles. The van der Waals surface area contributed by atoms with E-state index < -0.39 is 0 Å². The van der Waals surface area contributed by atoms with Crippen LogP contribution in [0, 0.1) is 5.92 Å². The quantitative estimate of drug-likeness (QED) is 0.860. The number of halogens is 1. The Morgan fingerprint density at radius 3 is 2.83 bits per heavy atom. The van der Waals surface area contributed by atoms with Crippen LogP contribution in [0.25, 0.3) is 0 Å². The first-order valence-corrected chi connectivity index (χ1v) is 9.37. The number of hydrogen-bond acceptors (Lipinski definition) is 3. The summed E-state index contributed by atoms with van der Waals surface area (Å²) in [5.74, 6) is 1.27. The molecule has 0 aromatic heterocycles. The van der Waals surface area contributed by atoms with Crippen LogP contribution in [0.5, 0.6) is 0 Å². The van der Waals surface area contributed by atoms with Gasteiger partial charge in [-0.15, -0.1) is 0 Å². The molecule has 0 saturated carbocycles.